The molecule has 0 radical (unpaired) electrons. The Morgan fingerprint density at radius 3 is 2.60 bits per heavy atom. The third-order valence-electron chi connectivity index (χ3n) is 9.71. The number of hydrogen-bond donors (Lipinski definition) is 3. The van der Waals surface area contributed by atoms with Crippen LogP contribution in [0, 0.1) is 0 Å². The van der Waals surface area contributed by atoms with Crippen LogP contribution in [0.3, 0.4) is 0 Å². The Labute approximate surface area is 279 Å². The fourth-order valence-corrected chi connectivity index (χ4v) is 7.22. The average molecular weight is 658 g/mol. The largest absolute Gasteiger partial charge is 0.490 e. The molecule has 9 nitrogen and oxygen atoms in total. The highest BCUT2D eigenvalue weighted by atomic mass is 35.5. The molecule has 2 bridgehead atoms. The normalized spacial score (nSPS) is 23.2. The number of allylic oxidation sites excluding steroid dienone is 1. The molecule has 0 saturated heterocycles. The van der Waals surface area contributed by atoms with Gasteiger partial charge in [0.05, 0.1) is 24.3 Å². The number of anilines is 2. The zero-order valence-electron chi connectivity index (χ0n) is 26.5. The van der Waals surface area contributed by atoms with E-state index in [9.17, 15) is 24.6 Å². The molecule has 10 heteroatoms. The minimum absolute atomic E-state index is 0.0628. The molecule has 3 aliphatic rings. The van der Waals surface area contributed by atoms with Crippen molar-refractivity contribution in [1.82, 2.24) is 4.90 Å². The number of benzene rings is 3. The maximum Gasteiger partial charge on any atom is 0.335 e. The summed E-state index contributed by atoms with van der Waals surface area (Å²) in [7, 11) is 1.65. The van der Waals surface area contributed by atoms with Gasteiger partial charge in [-0.3, -0.25) is 9.59 Å². The number of carboxylic acid groups (broad SMARTS) is 1. The summed E-state index contributed by atoms with van der Waals surface area (Å²) in [6.45, 7) is 2.27. The van der Waals surface area contributed by atoms with Crippen molar-refractivity contribution in [3.8, 4) is 5.75 Å². The maximum absolute atomic E-state index is 14.0. The molecule has 47 heavy (non-hydrogen) atoms. The number of nitrogens with one attached hydrogen (secondary N) is 1. The van der Waals surface area contributed by atoms with Gasteiger partial charge in [0.15, 0.2) is 5.60 Å². The SMILES string of the molecule is CN1CC=CCCCCN2C[C@@]3(CCCc4cc(Cl)ccc43)COc3ccc(cc32)[C@@](O)(C(=O)Nc2ccc(C(=O)O)cc2)CC1=O. The smallest absolute Gasteiger partial charge is 0.335 e. The quantitative estimate of drug-likeness (QED) is 0.299. The molecule has 0 aromatic heterocycles. The molecular weight excluding hydrogens is 618 g/mol. The number of aromatic carboxylic acids is 1. The number of aliphatic hydroxyl groups is 1. The summed E-state index contributed by atoms with van der Waals surface area (Å²) in [6, 6.07) is 17.0. The molecule has 246 valence electrons. The summed E-state index contributed by atoms with van der Waals surface area (Å²) in [6.07, 6.45) is 9.21. The van der Waals surface area contributed by atoms with Crippen molar-refractivity contribution in [2.45, 2.75) is 56.0 Å². The van der Waals surface area contributed by atoms with Gasteiger partial charge in [0, 0.05) is 42.8 Å². The van der Waals surface area contributed by atoms with Crippen LogP contribution in [0.5, 0.6) is 5.75 Å². The van der Waals surface area contributed by atoms with Crippen LogP contribution in [0.15, 0.2) is 72.8 Å². The molecule has 2 amide bonds. The number of carboxylic acids is 1. The summed E-state index contributed by atoms with van der Waals surface area (Å²) >= 11 is 6.40. The average Bonchev–Trinajstić information content (AvgIpc) is 3.20. The third kappa shape index (κ3) is 6.73. The second kappa shape index (κ2) is 13.4. The molecule has 0 saturated carbocycles. The molecule has 2 aliphatic heterocycles. The van der Waals surface area contributed by atoms with Gasteiger partial charge in [0.2, 0.25) is 5.91 Å². The van der Waals surface area contributed by atoms with E-state index in [0.29, 0.717) is 31.1 Å². The lowest BCUT2D eigenvalue weighted by Crippen LogP contribution is -2.46. The van der Waals surface area contributed by atoms with Gasteiger partial charge in [0.1, 0.15) is 5.75 Å². The first-order valence-corrected chi connectivity index (χ1v) is 16.5. The number of nitrogens with zero attached hydrogens (tertiary/aromatic N) is 2. The van der Waals surface area contributed by atoms with Crippen molar-refractivity contribution in [3.05, 3.63) is 100 Å². The molecule has 6 rings (SSSR count). The molecule has 0 unspecified atom stereocenters. The molecule has 2 heterocycles. The maximum atomic E-state index is 14.0. The van der Waals surface area contributed by atoms with E-state index in [1.165, 1.54) is 40.3 Å². The predicted molar refractivity (Wildman–Crippen MR) is 181 cm³/mol. The Balaban J connectivity index is 1.41. The minimum Gasteiger partial charge on any atom is -0.490 e. The summed E-state index contributed by atoms with van der Waals surface area (Å²) < 4.78 is 6.58. The Hall–Kier alpha value is -4.34. The zero-order valence-corrected chi connectivity index (χ0v) is 27.3. The number of carbonyl (C=O) groups excluding carboxylic acids is 2. The number of carbonyl (C=O) groups is 3. The van der Waals surface area contributed by atoms with Crippen molar-refractivity contribution in [2.75, 3.05) is 43.5 Å². The highest BCUT2D eigenvalue weighted by Crippen LogP contribution is 2.45. The Morgan fingerprint density at radius 1 is 1.00 bits per heavy atom. The molecule has 2 atom stereocenters. The van der Waals surface area contributed by atoms with Gasteiger partial charge < -0.3 is 30.1 Å². The van der Waals surface area contributed by atoms with E-state index in [0.717, 1.165) is 55.8 Å². The van der Waals surface area contributed by atoms with Gasteiger partial charge in [-0.05, 0) is 104 Å². The molecule has 1 aliphatic carbocycles. The van der Waals surface area contributed by atoms with Crippen molar-refractivity contribution in [2.24, 2.45) is 0 Å². The number of ether oxygens (including phenoxy) is 1. The van der Waals surface area contributed by atoms with Gasteiger partial charge >= 0.3 is 5.97 Å². The van der Waals surface area contributed by atoms with Crippen molar-refractivity contribution < 1.29 is 29.3 Å². The fraction of sp³-hybridized carbons (Fsp3) is 0.378. The number of halogens is 1. The van der Waals surface area contributed by atoms with E-state index < -0.39 is 29.8 Å². The Morgan fingerprint density at radius 2 is 1.81 bits per heavy atom. The number of hydrogen-bond acceptors (Lipinski definition) is 6. The summed E-state index contributed by atoms with van der Waals surface area (Å²) in [5.41, 5.74) is 1.38. The standard InChI is InChI=1S/C37H40ClN3O6/c1-40-18-5-3-2-4-6-19-41-23-36(17-7-8-26-20-28(38)12-15-30(26)36)24-47-32-16-11-27(21-31(32)41)37(46,22-33(40)42)35(45)39-29-13-9-25(10-14-29)34(43)44/h3,5,9-16,20-21,46H,2,4,6-8,17-19,22-24H2,1H3,(H,39,45)(H,43,44)/t36-,37+/m0/s1. The molecule has 0 fully saturated rings. The lowest BCUT2D eigenvalue weighted by atomic mass is 9.70. The fourth-order valence-electron chi connectivity index (χ4n) is 7.02. The summed E-state index contributed by atoms with van der Waals surface area (Å²) in [5.74, 6) is -1.63. The highest BCUT2D eigenvalue weighted by molar-refractivity contribution is 6.30. The van der Waals surface area contributed by atoms with Crippen LogP contribution in [0.1, 0.15) is 65.6 Å². The van der Waals surface area contributed by atoms with Crippen molar-refractivity contribution in [1.29, 1.82) is 0 Å². The van der Waals surface area contributed by atoms with Gasteiger partial charge in [-0.1, -0.05) is 35.9 Å². The minimum atomic E-state index is -2.24. The van der Waals surface area contributed by atoms with E-state index in [-0.39, 0.29) is 16.5 Å². The Kier molecular flexibility index (Phi) is 9.30. The first kappa shape index (κ1) is 32.6. The van der Waals surface area contributed by atoms with Crippen molar-refractivity contribution >= 4 is 40.8 Å². The van der Waals surface area contributed by atoms with Gasteiger partial charge in [0.25, 0.3) is 5.91 Å². The van der Waals surface area contributed by atoms with Crippen LogP contribution in [0.4, 0.5) is 11.4 Å². The number of rotatable bonds is 3. The molecular formula is C37H40ClN3O6. The topological polar surface area (TPSA) is 119 Å². The van der Waals surface area contributed by atoms with Crippen LogP contribution in [-0.4, -0.2) is 66.2 Å². The monoisotopic (exact) mass is 657 g/mol. The van der Waals surface area contributed by atoms with Crippen LogP contribution in [0.25, 0.3) is 0 Å². The van der Waals surface area contributed by atoms with E-state index in [2.05, 4.69) is 28.4 Å². The van der Waals surface area contributed by atoms with E-state index in [1.807, 2.05) is 12.1 Å². The van der Waals surface area contributed by atoms with Crippen LogP contribution in [0.2, 0.25) is 5.02 Å². The van der Waals surface area contributed by atoms with Crippen molar-refractivity contribution in [3.63, 3.8) is 0 Å². The number of amides is 2. The van der Waals surface area contributed by atoms with E-state index in [1.54, 1.807) is 25.2 Å². The predicted octanol–water partition coefficient (Wildman–Crippen LogP) is 5.93. The number of fused-ring (bicyclic) bond motifs is 3. The second-order valence-corrected chi connectivity index (χ2v) is 13.4. The number of likely N-dealkylation sites (N-methyl/N-ethyl adjacent to an activating group) is 1. The highest BCUT2D eigenvalue weighted by Gasteiger charge is 2.44. The molecule has 3 aromatic carbocycles. The van der Waals surface area contributed by atoms with E-state index >= 15 is 0 Å². The van der Waals surface area contributed by atoms with E-state index in [4.69, 9.17) is 16.3 Å². The first-order valence-electron chi connectivity index (χ1n) is 16.2. The summed E-state index contributed by atoms with van der Waals surface area (Å²) in [5, 5.41) is 25.0. The lowest BCUT2D eigenvalue weighted by Gasteiger charge is -2.41. The number of aryl methyl sites for hydroxylation is 1. The van der Waals surface area contributed by atoms with Crippen LogP contribution in [-0.2, 0) is 27.0 Å². The lowest BCUT2D eigenvalue weighted by molar-refractivity contribution is -0.145. The zero-order chi connectivity index (χ0) is 33.2. The van der Waals surface area contributed by atoms with Crippen LogP contribution < -0.4 is 15.0 Å². The van der Waals surface area contributed by atoms with Gasteiger partial charge in [-0.2, -0.15) is 0 Å². The van der Waals surface area contributed by atoms with Gasteiger partial charge in [-0.25, -0.2) is 4.79 Å². The van der Waals surface area contributed by atoms with Crippen LogP contribution >= 0.6 is 11.6 Å². The molecule has 1 spiro atoms. The second-order valence-electron chi connectivity index (χ2n) is 12.9. The third-order valence-corrected chi connectivity index (χ3v) is 9.94. The molecule has 3 aromatic rings. The summed E-state index contributed by atoms with van der Waals surface area (Å²) in [4.78, 5) is 42.6. The van der Waals surface area contributed by atoms with Gasteiger partial charge in [-0.15, -0.1) is 0 Å². The first-order chi connectivity index (χ1) is 22.6. The molecule has 3 N–H and O–H groups in total. The Bertz CT molecular complexity index is 1710.